The molecule has 1 N–H and O–H groups in total. The highest BCUT2D eigenvalue weighted by Crippen LogP contribution is 2.21. The molecule has 6 nitrogen and oxygen atoms in total. The lowest BCUT2D eigenvalue weighted by atomic mass is 9.95. The predicted octanol–water partition coefficient (Wildman–Crippen LogP) is 13.5. The van der Waals surface area contributed by atoms with E-state index in [2.05, 4.69) is 32.6 Å². The first-order valence-electron chi connectivity index (χ1n) is 23.4. The molecule has 53 heavy (non-hydrogen) atoms. The fourth-order valence-corrected chi connectivity index (χ4v) is 7.29. The van der Waals surface area contributed by atoms with Gasteiger partial charge in [0.2, 0.25) is 0 Å². The molecule has 2 atom stereocenters. The highest BCUT2D eigenvalue weighted by molar-refractivity contribution is 5.69. The third-order valence-electron chi connectivity index (χ3n) is 10.8. The first kappa shape index (κ1) is 54.1. The second-order valence-corrected chi connectivity index (χ2v) is 16.1. The Labute approximate surface area is 332 Å². The van der Waals surface area contributed by atoms with E-state index in [4.69, 9.17) is 9.47 Å². The maximum atomic E-state index is 12.3. The molecule has 0 aromatic carbocycles. The van der Waals surface area contributed by atoms with Gasteiger partial charge in [0, 0.05) is 33.1 Å². The number of carbonyl (C=O) groups excluding carboxylic acids is 2. The molecule has 0 fully saturated rings. The van der Waals surface area contributed by atoms with E-state index in [-0.39, 0.29) is 12.6 Å². The Morgan fingerprint density at radius 2 is 0.925 bits per heavy atom. The molecule has 0 radical (unpaired) electrons. The van der Waals surface area contributed by atoms with Crippen molar-refractivity contribution in [1.29, 1.82) is 0 Å². The van der Waals surface area contributed by atoms with Crippen molar-refractivity contribution in [1.82, 2.24) is 4.90 Å². The highest BCUT2D eigenvalue weighted by Gasteiger charge is 2.13. The Morgan fingerprint density at radius 1 is 0.528 bits per heavy atom. The molecule has 2 unspecified atom stereocenters. The Kier molecular flexibility index (Phi) is 48.2. The van der Waals surface area contributed by atoms with Crippen molar-refractivity contribution in [3.8, 4) is 0 Å². The maximum absolute atomic E-state index is 12.3. The summed E-state index contributed by atoms with van der Waals surface area (Å²) in [6, 6.07) is 0. The minimum Gasteiger partial charge on any atom is -0.465 e. The van der Waals surface area contributed by atoms with Crippen molar-refractivity contribution < 1.29 is 24.2 Å². The standard InChI is InChI=1S/C30H59NO4.C17H36O/c1-3-5-7-9-10-15-21-29(20-14-8-6-4-2)28-35-30(34)22-16-13-18-24-31(25-27-33)23-17-11-12-19-26-32;1-4-6-8-10-11-13-15-17(16-18-3)14-12-9-7-5-2/h26,29,33H,3-25,27-28H2,1-2H3;17H,4-16H2,1-3H3. The quantitative estimate of drug-likeness (QED) is 0.0380. The molecule has 0 spiro atoms. The molecule has 0 aliphatic heterocycles. The molecular formula is C47H95NO5. The minimum absolute atomic E-state index is 0.0334. The van der Waals surface area contributed by atoms with Crippen molar-refractivity contribution in [2.75, 3.05) is 46.6 Å². The topological polar surface area (TPSA) is 76.1 Å². The van der Waals surface area contributed by atoms with Gasteiger partial charge >= 0.3 is 5.97 Å². The fourth-order valence-electron chi connectivity index (χ4n) is 7.29. The average Bonchev–Trinajstić information content (AvgIpc) is 3.16. The number of aliphatic hydroxyl groups is 1. The summed E-state index contributed by atoms with van der Waals surface area (Å²) in [7, 11) is 1.85. The summed E-state index contributed by atoms with van der Waals surface area (Å²) in [5.41, 5.74) is 0. The van der Waals surface area contributed by atoms with E-state index in [9.17, 15) is 14.7 Å². The van der Waals surface area contributed by atoms with Gasteiger partial charge in [-0.3, -0.25) is 4.79 Å². The van der Waals surface area contributed by atoms with Crippen LogP contribution in [0.3, 0.4) is 0 Å². The Balaban J connectivity index is 0. The number of rotatable bonds is 42. The number of nitrogens with zero attached hydrogens (tertiary/aromatic N) is 1. The lowest BCUT2D eigenvalue weighted by Crippen LogP contribution is -2.29. The number of esters is 1. The summed E-state index contributed by atoms with van der Waals surface area (Å²) in [6.45, 7) is 13.5. The van der Waals surface area contributed by atoms with E-state index in [0.717, 1.165) is 70.4 Å². The third-order valence-corrected chi connectivity index (χ3v) is 10.8. The fraction of sp³-hybridized carbons (Fsp3) is 0.957. The van der Waals surface area contributed by atoms with Crippen molar-refractivity contribution in [2.45, 2.75) is 233 Å². The molecule has 0 heterocycles. The summed E-state index contributed by atoms with van der Waals surface area (Å²) in [5, 5.41) is 9.29. The SMILES string of the molecule is CCCCCCCCC(CCCCCC)COC.CCCCCCCCC(CCCCCC)COC(=O)CCCCCN(CCO)CCCCCC=O. The average molecular weight is 754 g/mol. The van der Waals surface area contributed by atoms with Gasteiger partial charge in [-0.05, 0) is 76.3 Å². The molecule has 0 rings (SSSR count). The van der Waals surface area contributed by atoms with Gasteiger partial charge in [0.15, 0.2) is 0 Å². The Bertz CT molecular complexity index is 704. The largest absolute Gasteiger partial charge is 0.465 e. The van der Waals surface area contributed by atoms with Gasteiger partial charge in [-0.25, -0.2) is 0 Å². The van der Waals surface area contributed by atoms with Crippen LogP contribution in [0.25, 0.3) is 0 Å². The van der Waals surface area contributed by atoms with Crippen LogP contribution in [0.2, 0.25) is 0 Å². The van der Waals surface area contributed by atoms with Gasteiger partial charge < -0.3 is 24.3 Å². The van der Waals surface area contributed by atoms with Crippen LogP contribution in [-0.2, 0) is 19.1 Å². The first-order chi connectivity index (χ1) is 26.0. The molecule has 0 aromatic rings. The number of aldehydes is 1. The smallest absolute Gasteiger partial charge is 0.305 e. The molecule has 0 bridgehead atoms. The van der Waals surface area contributed by atoms with Crippen LogP contribution in [0.1, 0.15) is 233 Å². The van der Waals surface area contributed by atoms with Crippen molar-refractivity contribution in [3.05, 3.63) is 0 Å². The minimum atomic E-state index is -0.0334. The first-order valence-corrected chi connectivity index (χ1v) is 23.4. The number of unbranched alkanes of at least 4 members (excludes halogenated alkanes) is 21. The summed E-state index contributed by atoms with van der Waals surface area (Å²) in [4.78, 5) is 25.0. The normalized spacial score (nSPS) is 12.4. The van der Waals surface area contributed by atoms with Crippen molar-refractivity contribution in [3.63, 3.8) is 0 Å². The lowest BCUT2D eigenvalue weighted by molar-refractivity contribution is -0.145. The van der Waals surface area contributed by atoms with E-state index in [0.29, 0.717) is 31.9 Å². The molecule has 0 aliphatic carbocycles. The molecular weight excluding hydrogens is 659 g/mol. The van der Waals surface area contributed by atoms with Gasteiger partial charge in [-0.2, -0.15) is 0 Å². The van der Waals surface area contributed by atoms with E-state index in [1.165, 1.54) is 154 Å². The second kappa shape index (κ2) is 47.2. The van der Waals surface area contributed by atoms with Crippen LogP contribution < -0.4 is 0 Å². The number of ether oxygens (including phenoxy) is 2. The van der Waals surface area contributed by atoms with Gasteiger partial charge in [-0.15, -0.1) is 0 Å². The van der Waals surface area contributed by atoms with Crippen molar-refractivity contribution >= 4 is 12.3 Å². The number of aliphatic hydroxyl groups excluding tert-OH is 1. The van der Waals surface area contributed by atoms with Crippen LogP contribution in [0, 0.1) is 11.8 Å². The molecule has 6 heteroatoms. The van der Waals surface area contributed by atoms with Crippen LogP contribution in [-0.4, -0.2) is 68.8 Å². The van der Waals surface area contributed by atoms with Crippen LogP contribution in [0.4, 0.5) is 0 Å². The van der Waals surface area contributed by atoms with E-state index >= 15 is 0 Å². The predicted molar refractivity (Wildman–Crippen MR) is 230 cm³/mol. The summed E-state index contributed by atoms with van der Waals surface area (Å²) < 4.78 is 11.1. The lowest BCUT2D eigenvalue weighted by Gasteiger charge is -2.21. The van der Waals surface area contributed by atoms with E-state index in [1.54, 1.807) is 0 Å². The molecule has 0 saturated carbocycles. The second-order valence-electron chi connectivity index (χ2n) is 16.1. The number of carbonyl (C=O) groups is 2. The van der Waals surface area contributed by atoms with Crippen molar-refractivity contribution in [2.24, 2.45) is 11.8 Å². The van der Waals surface area contributed by atoms with Gasteiger partial charge in [0.25, 0.3) is 0 Å². The molecule has 0 amide bonds. The zero-order valence-electron chi connectivity index (χ0n) is 36.6. The summed E-state index contributed by atoms with van der Waals surface area (Å²) >= 11 is 0. The van der Waals surface area contributed by atoms with Gasteiger partial charge in [0.1, 0.15) is 6.29 Å². The number of hydrogen-bond acceptors (Lipinski definition) is 6. The van der Waals surface area contributed by atoms with E-state index < -0.39 is 0 Å². The number of methoxy groups -OCH3 is 1. The zero-order chi connectivity index (χ0) is 39.3. The zero-order valence-corrected chi connectivity index (χ0v) is 36.6. The van der Waals surface area contributed by atoms with Crippen LogP contribution in [0.5, 0.6) is 0 Å². The van der Waals surface area contributed by atoms with E-state index in [1.807, 2.05) is 7.11 Å². The summed E-state index contributed by atoms with van der Waals surface area (Å²) in [6.07, 6.45) is 40.4. The maximum Gasteiger partial charge on any atom is 0.305 e. The van der Waals surface area contributed by atoms with Crippen LogP contribution in [0.15, 0.2) is 0 Å². The molecule has 0 aliphatic rings. The molecule has 318 valence electrons. The number of hydrogen-bond donors (Lipinski definition) is 1. The summed E-state index contributed by atoms with van der Waals surface area (Å²) in [5.74, 6) is 1.31. The highest BCUT2D eigenvalue weighted by atomic mass is 16.5. The molecule has 0 saturated heterocycles. The molecule has 0 aromatic heterocycles. The van der Waals surface area contributed by atoms with Gasteiger partial charge in [-0.1, -0.05) is 169 Å². The Hall–Kier alpha value is -0.980. The Morgan fingerprint density at radius 3 is 1.36 bits per heavy atom. The monoisotopic (exact) mass is 754 g/mol. The van der Waals surface area contributed by atoms with Gasteiger partial charge in [0.05, 0.1) is 13.2 Å². The van der Waals surface area contributed by atoms with Crippen LogP contribution >= 0.6 is 0 Å². The third kappa shape index (κ3) is 43.6.